The van der Waals surface area contributed by atoms with Gasteiger partial charge in [0.2, 0.25) is 0 Å². The topological polar surface area (TPSA) is 114 Å². The van der Waals surface area contributed by atoms with Gasteiger partial charge in [0.25, 0.3) is 5.69 Å². The largest absolute Gasteiger partial charge is 0.495 e. The van der Waals surface area contributed by atoms with Crippen LogP contribution in [-0.2, 0) is 16.1 Å². The van der Waals surface area contributed by atoms with E-state index in [9.17, 15) is 19.7 Å². The predicted octanol–water partition coefficient (Wildman–Crippen LogP) is 2.32. The van der Waals surface area contributed by atoms with Crippen LogP contribution in [0.25, 0.3) is 0 Å². The molecule has 0 saturated carbocycles. The van der Waals surface area contributed by atoms with Gasteiger partial charge in [0.15, 0.2) is 0 Å². The number of carbonyl (C=O) groups is 2. The first kappa shape index (κ1) is 21.3. The lowest BCUT2D eigenvalue weighted by molar-refractivity contribution is -0.384. The van der Waals surface area contributed by atoms with Crippen LogP contribution in [0.4, 0.5) is 11.4 Å². The van der Waals surface area contributed by atoms with Crippen LogP contribution in [-0.4, -0.2) is 47.9 Å². The maximum absolute atomic E-state index is 12.3. The monoisotopic (exact) mass is 412 g/mol. The average molecular weight is 412 g/mol. The van der Waals surface area contributed by atoms with Crippen molar-refractivity contribution >= 4 is 23.2 Å². The highest BCUT2D eigenvalue weighted by molar-refractivity contribution is 6.39. The standard InChI is InChI=1S/C21H24N4O5/c1-30-19-8-7-17(25(28)29)13-18(19)23-21(27)20(26)22-16-9-11-24(12-10-16)14-15-5-3-2-4-6-15/h2-8,13,16H,9-12,14H2,1H3,(H,22,26)(H,23,27). The summed E-state index contributed by atoms with van der Waals surface area (Å²) in [5, 5.41) is 16.1. The van der Waals surface area contributed by atoms with Crippen LogP contribution in [0.5, 0.6) is 5.75 Å². The van der Waals surface area contributed by atoms with Crippen molar-refractivity contribution < 1.29 is 19.2 Å². The van der Waals surface area contributed by atoms with Gasteiger partial charge in [-0.3, -0.25) is 24.6 Å². The second-order valence-electron chi connectivity index (χ2n) is 7.11. The number of amides is 2. The number of benzene rings is 2. The summed E-state index contributed by atoms with van der Waals surface area (Å²) >= 11 is 0. The molecule has 0 bridgehead atoms. The highest BCUT2D eigenvalue weighted by Gasteiger charge is 2.24. The van der Waals surface area contributed by atoms with Gasteiger partial charge in [-0.15, -0.1) is 0 Å². The molecule has 0 radical (unpaired) electrons. The van der Waals surface area contributed by atoms with Crippen molar-refractivity contribution in [3.05, 3.63) is 64.2 Å². The fourth-order valence-corrected chi connectivity index (χ4v) is 3.41. The van der Waals surface area contributed by atoms with Crippen LogP contribution in [0.1, 0.15) is 18.4 Å². The summed E-state index contributed by atoms with van der Waals surface area (Å²) in [5.74, 6) is -1.43. The summed E-state index contributed by atoms with van der Waals surface area (Å²) in [6.45, 7) is 2.49. The molecule has 1 saturated heterocycles. The first-order chi connectivity index (χ1) is 14.5. The van der Waals surface area contributed by atoms with Crippen LogP contribution in [0, 0.1) is 10.1 Å². The third-order valence-electron chi connectivity index (χ3n) is 5.02. The lowest BCUT2D eigenvalue weighted by Gasteiger charge is -2.32. The number of rotatable bonds is 6. The zero-order chi connectivity index (χ0) is 21.5. The minimum Gasteiger partial charge on any atom is -0.495 e. The number of hydrogen-bond donors (Lipinski definition) is 2. The first-order valence-electron chi connectivity index (χ1n) is 9.67. The van der Waals surface area contributed by atoms with Gasteiger partial charge in [-0.25, -0.2) is 0 Å². The molecule has 2 N–H and O–H groups in total. The van der Waals surface area contributed by atoms with Gasteiger partial charge in [0, 0.05) is 37.8 Å². The lowest BCUT2D eigenvalue weighted by atomic mass is 10.0. The number of methoxy groups -OCH3 is 1. The third kappa shape index (κ3) is 5.54. The molecule has 0 atom stereocenters. The number of ether oxygens (including phenoxy) is 1. The summed E-state index contributed by atoms with van der Waals surface area (Å²) in [4.78, 5) is 37.2. The van der Waals surface area contributed by atoms with Crippen molar-refractivity contribution in [2.24, 2.45) is 0 Å². The number of carbonyl (C=O) groups excluding carboxylic acids is 2. The maximum Gasteiger partial charge on any atom is 0.313 e. The van der Waals surface area contributed by atoms with E-state index in [4.69, 9.17) is 4.74 Å². The van der Waals surface area contributed by atoms with Gasteiger partial charge in [-0.1, -0.05) is 30.3 Å². The Morgan fingerprint density at radius 3 is 2.47 bits per heavy atom. The van der Waals surface area contributed by atoms with E-state index < -0.39 is 16.7 Å². The number of nitrogens with zero attached hydrogens (tertiary/aromatic N) is 2. The second kappa shape index (κ2) is 9.84. The second-order valence-corrected chi connectivity index (χ2v) is 7.11. The number of nitro benzene ring substituents is 1. The van der Waals surface area contributed by atoms with E-state index in [0.717, 1.165) is 38.5 Å². The number of non-ortho nitro benzene ring substituents is 1. The number of nitrogens with one attached hydrogen (secondary N) is 2. The molecule has 2 aromatic carbocycles. The van der Waals surface area contributed by atoms with Crippen molar-refractivity contribution in [1.29, 1.82) is 0 Å². The molecule has 3 rings (SSSR count). The van der Waals surface area contributed by atoms with E-state index >= 15 is 0 Å². The molecule has 9 nitrogen and oxygen atoms in total. The molecular formula is C21H24N4O5. The summed E-state index contributed by atoms with van der Waals surface area (Å²) < 4.78 is 5.10. The average Bonchev–Trinajstić information content (AvgIpc) is 2.75. The van der Waals surface area contributed by atoms with Crippen molar-refractivity contribution in [3.8, 4) is 5.75 Å². The number of hydrogen-bond acceptors (Lipinski definition) is 6. The van der Waals surface area contributed by atoms with E-state index in [0.29, 0.717) is 0 Å². The molecule has 0 spiro atoms. The van der Waals surface area contributed by atoms with Gasteiger partial charge in [-0.2, -0.15) is 0 Å². The molecule has 1 heterocycles. The molecule has 30 heavy (non-hydrogen) atoms. The van der Waals surface area contributed by atoms with Gasteiger partial charge in [0.1, 0.15) is 5.75 Å². The normalized spacial score (nSPS) is 14.7. The first-order valence-corrected chi connectivity index (χ1v) is 9.67. The molecule has 2 aromatic rings. The highest BCUT2D eigenvalue weighted by atomic mass is 16.6. The Morgan fingerprint density at radius 2 is 1.83 bits per heavy atom. The maximum atomic E-state index is 12.3. The van der Waals surface area contributed by atoms with E-state index in [-0.39, 0.29) is 23.2 Å². The molecule has 1 aliphatic rings. The van der Waals surface area contributed by atoms with Gasteiger partial charge >= 0.3 is 11.8 Å². The molecule has 158 valence electrons. The molecule has 2 amide bonds. The van der Waals surface area contributed by atoms with Gasteiger partial charge in [0.05, 0.1) is 17.7 Å². The Bertz CT molecular complexity index is 911. The lowest BCUT2D eigenvalue weighted by Crippen LogP contribution is -2.47. The molecule has 0 unspecified atom stereocenters. The molecule has 1 fully saturated rings. The minimum absolute atomic E-state index is 0.0736. The van der Waals surface area contributed by atoms with Gasteiger partial charge < -0.3 is 15.4 Å². The van der Waals surface area contributed by atoms with E-state index in [1.807, 2.05) is 18.2 Å². The van der Waals surface area contributed by atoms with Crippen molar-refractivity contribution in [2.75, 3.05) is 25.5 Å². The van der Waals surface area contributed by atoms with Crippen LogP contribution in [0.3, 0.4) is 0 Å². The zero-order valence-corrected chi connectivity index (χ0v) is 16.7. The molecular weight excluding hydrogens is 388 g/mol. The van der Waals surface area contributed by atoms with Gasteiger partial charge in [-0.05, 0) is 24.5 Å². The fraction of sp³-hybridized carbons (Fsp3) is 0.333. The summed E-state index contributed by atoms with van der Waals surface area (Å²) in [6.07, 6.45) is 1.48. The summed E-state index contributed by atoms with van der Waals surface area (Å²) in [5.41, 5.74) is 1.10. The Kier molecular flexibility index (Phi) is 6.97. The van der Waals surface area contributed by atoms with Crippen LogP contribution in [0.15, 0.2) is 48.5 Å². The van der Waals surface area contributed by atoms with E-state index in [1.54, 1.807) is 0 Å². The fourth-order valence-electron chi connectivity index (χ4n) is 3.41. The van der Waals surface area contributed by atoms with E-state index in [1.165, 1.54) is 24.8 Å². The Morgan fingerprint density at radius 1 is 1.13 bits per heavy atom. The highest BCUT2D eigenvalue weighted by Crippen LogP contribution is 2.28. The molecule has 0 aromatic heterocycles. The number of anilines is 1. The van der Waals surface area contributed by atoms with Crippen molar-refractivity contribution in [3.63, 3.8) is 0 Å². The Labute approximate surface area is 174 Å². The van der Waals surface area contributed by atoms with Crippen molar-refractivity contribution in [2.45, 2.75) is 25.4 Å². The molecule has 0 aliphatic carbocycles. The zero-order valence-electron chi connectivity index (χ0n) is 16.7. The van der Waals surface area contributed by atoms with Crippen LogP contribution < -0.4 is 15.4 Å². The van der Waals surface area contributed by atoms with Crippen LogP contribution in [0.2, 0.25) is 0 Å². The smallest absolute Gasteiger partial charge is 0.313 e. The molecule has 9 heteroatoms. The van der Waals surface area contributed by atoms with Crippen LogP contribution >= 0.6 is 0 Å². The third-order valence-corrected chi connectivity index (χ3v) is 5.02. The Balaban J connectivity index is 1.51. The van der Waals surface area contributed by atoms with Crippen molar-refractivity contribution in [1.82, 2.24) is 10.2 Å². The quantitative estimate of drug-likeness (QED) is 0.428. The van der Waals surface area contributed by atoms with E-state index in [2.05, 4.69) is 27.7 Å². The SMILES string of the molecule is COc1ccc([N+](=O)[O-])cc1NC(=O)C(=O)NC1CCN(Cc2ccccc2)CC1. The number of nitro groups is 1. The number of likely N-dealkylation sites (tertiary alicyclic amines) is 1. The minimum atomic E-state index is -0.888. The summed E-state index contributed by atoms with van der Waals surface area (Å²) in [6, 6.07) is 13.9. The predicted molar refractivity (Wildman–Crippen MR) is 111 cm³/mol. The Hall–Kier alpha value is -3.46. The molecule has 1 aliphatic heterocycles. The number of piperidine rings is 1. The summed E-state index contributed by atoms with van der Waals surface area (Å²) in [7, 11) is 1.38.